The molecule has 1 amide bonds. The first-order valence-electron chi connectivity index (χ1n) is 5.25. The van der Waals surface area contributed by atoms with Crippen molar-refractivity contribution in [3.63, 3.8) is 0 Å². The lowest BCUT2D eigenvalue weighted by Crippen LogP contribution is -2.40. The van der Waals surface area contributed by atoms with Gasteiger partial charge in [0.15, 0.2) is 0 Å². The van der Waals surface area contributed by atoms with Crippen molar-refractivity contribution in [2.24, 2.45) is 0 Å². The summed E-state index contributed by atoms with van der Waals surface area (Å²) in [6, 6.07) is 1.75. The fourth-order valence-corrected chi connectivity index (χ4v) is 2.36. The Morgan fingerprint density at radius 3 is 2.81 bits per heavy atom. The zero-order valence-electron chi connectivity index (χ0n) is 8.77. The monoisotopic (exact) mass is 332 g/mol. The minimum atomic E-state index is -0.249. The maximum Gasteiger partial charge on any atom is 0.255 e. The largest absolute Gasteiger partial charge is 0.393 e. The van der Waals surface area contributed by atoms with Gasteiger partial charge in [0.05, 0.1) is 11.7 Å². The van der Waals surface area contributed by atoms with Gasteiger partial charge in [0.1, 0.15) is 0 Å². The highest BCUT2D eigenvalue weighted by atomic mass is 127. The van der Waals surface area contributed by atoms with Crippen LogP contribution >= 0.6 is 22.6 Å². The van der Waals surface area contributed by atoms with Gasteiger partial charge in [0, 0.05) is 29.1 Å². The summed E-state index contributed by atoms with van der Waals surface area (Å²) in [7, 11) is 0. The van der Waals surface area contributed by atoms with Crippen LogP contribution in [0.15, 0.2) is 18.5 Å². The van der Waals surface area contributed by atoms with Crippen LogP contribution in [-0.4, -0.2) is 40.1 Å². The molecule has 1 fully saturated rings. The topological polar surface area (TPSA) is 53.4 Å². The van der Waals surface area contributed by atoms with E-state index in [4.69, 9.17) is 0 Å². The Balaban J connectivity index is 2.11. The van der Waals surface area contributed by atoms with E-state index < -0.39 is 0 Å². The van der Waals surface area contributed by atoms with Crippen LogP contribution in [0.5, 0.6) is 0 Å². The summed E-state index contributed by atoms with van der Waals surface area (Å²) in [4.78, 5) is 17.9. The number of amides is 1. The molecule has 2 heterocycles. The summed E-state index contributed by atoms with van der Waals surface area (Å²) in [6.45, 7) is 1.27. The molecule has 2 rings (SSSR count). The van der Waals surface area contributed by atoms with E-state index in [1.165, 1.54) is 0 Å². The lowest BCUT2D eigenvalue weighted by atomic mass is 10.1. The Labute approximate surface area is 108 Å². The molecule has 1 N–H and O–H groups in total. The minimum absolute atomic E-state index is 0.0405. The Kier molecular flexibility index (Phi) is 3.75. The molecule has 16 heavy (non-hydrogen) atoms. The summed E-state index contributed by atoms with van der Waals surface area (Å²) >= 11 is 2.12. The second kappa shape index (κ2) is 5.09. The van der Waals surface area contributed by atoms with Gasteiger partial charge in [-0.1, -0.05) is 0 Å². The number of rotatable bonds is 1. The number of hydrogen-bond acceptors (Lipinski definition) is 3. The molecule has 0 bridgehead atoms. The molecule has 0 radical (unpaired) electrons. The number of aliphatic hydroxyl groups is 1. The maximum atomic E-state index is 12.1. The van der Waals surface area contributed by atoms with Crippen LogP contribution in [0.2, 0.25) is 0 Å². The van der Waals surface area contributed by atoms with Gasteiger partial charge >= 0.3 is 0 Å². The van der Waals surface area contributed by atoms with Crippen molar-refractivity contribution in [1.82, 2.24) is 9.88 Å². The van der Waals surface area contributed by atoms with Gasteiger partial charge in [-0.3, -0.25) is 9.78 Å². The van der Waals surface area contributed by atoms with Gasteiger partial charge in [-0.25, -0.2) is 0 Å². The molecule has 86 valence electrons. The average Bonchev–Trinajstić information content (AvgIpc) is 2.30. The Morgan fingerprint density at radius 2 is 2.19 bits per heavy atom. The maximum absolute atomic E-state index is 12.1. The normalized spacial score (nSPS) is 17.5. The van der Waals surface area contributed by atoms with Crippen LogP contribution in [0.1, 0.15) is 23.2 Å². The zero-order valence-corrected chi connectivity index (χ0v) is 10.9. The molecule has 0 spiro atoms. The molecule has 0 aromatic carbocycles. The summed E-state index contributed by atoms with van der Waals surface area (Å²) in [5, 5.41) is 9.38. The van der Waals surface area contributed by atoms with Crippen molar-refractivity contribution in [1.29, 1.82) is 0 Å². The fourth-order valence-electron chi connectivity index (χ4n) is 1.79. The van der Waals surface area contributed by atoms with Gasteiger partial charge in [0.2, 0.25) is 0 Å². The van der Waals surface area contributed by atoms with Crippen molar-refractivity contribution in [3.8, 4) is 0 Å². The van der Waals surface area contributed by atoms with Crippen LogP contribution < -0.4 is 0 Å². The third-order valence-electron chi connectivity index (χ3n) is 2.75. The van der Waals surface area contributed by atoms with Crippen molar-refractivity contribution >= 4 is 28.5 Å². The number of pyridine rings is 1. The first-order valence-corrected chi connectivity index (χ1v) is 6.33. The quantitative estimate of drug-likeness (QED) is 0.789. The number of aromatic nitrogens is 1. The SMILES string of the molecule is O=C(c1ccncc1I)N1CCC(O)CC1. The van der Waals surface area contributed by atoms with Gasteiger partial charge in [-0.2, -0.15) is 0 Å². The first-order chi connectivity index (χ1) is 7.68. The Morgan fingerprint density at radius 1 is 1.50 bits per heavy atom. The molecule has 1 saturated heterocycles. The minimum Gasteiger partial charge on any atom is -0.393 e. The molecular formula is C11H13IN2O2. The van der Waals surface area contributed by atoms with Gasteiger partial charge in [-0.15, -0.1) is 0 Å². The molecule has 5 heteroatoms. The molecule has 1 aromatic rings. The summed E-state index contributed by atoms with van der Waals surface area (Å²) < 4.78 is 0.872. The van der Waals surface area contributed by atoms with E-state index in [1.54, 1.807) is 23.4 Å². The second-order valence-electron chi connectivity index (χ2n) is 3.88. The first kappa shape index (κ1) is 11.8. The highest BCUT2D eigenvalue weighted by molar-refractivity contribution is 14.1. The van der Waals surface area contributed by atoms with Crippen molar-refractivity contribution < 1.29 is 9.90 Å². The van der Waals surface area contributed by atoms with Crippen LogP contribution in [-0.2, 0) is 0 Å². The predicted octanol–water partition coefficient (Wildman–Crippen LogP) is 1.28. The lowest BCUT2D eigenvalue weighted by molar-refractivity contribution is 0.0545. The number of carbonyl (C=O) groups excluding carboxylic acids is 1. The molecule has 1 aliphatic heterocycles. The van der Waals surface area contributed by atoms with E-state index in [2.05, 4.69) is 27.6 Å². The van der Waals surface area contributed by atoms with E-state index in [-0.39, 0.29) is 12.0 Å². The molecule has 1 aromatic heterocycles. The van der Waals surface area contributed by atoms with E-state index in [0.29, 0.717) is 31.5 Å². The number of likely N-dealkylation sites (tertiary alicyclic amines) is 1. The molecule has 0 saturated carbocycles. The average molecular weight is 332 g/mol. The lowest BCUT2D eigenvalue weighted by Gasteiger charge is -2.29. The van der Waals surface area contributed by atoms with Gasteiger partial charge in [-0.05, 0) is 41.5 Å². The molecule has 4 nitrogen and oxygen atoms in total. The zero-order chi connectivity index (χ0) is 11.5. The molecule has 1 aliphatic rings. The van der Waals surface area contributed by atoms with E-state index >= 15 is 0 Å². The van der Waals surface area contributed by atoms with E-state index in [0.717, 1.165) is 3.57 Å². The van der Waals surface area contributed by atoms with Crippen LogP contribution in [0.4, 0.5) is 0 Å². The number of carbonyl (C=O) groups is 1. The predicted molar refractivity (Wildman–Crippen MR) is 68.1 cm³/mol. The van der Waals surface area contributed by atoms with E-state index in [9.17, 15) is 9.90 Å². The highest BCUT2D eigenvalue weighted by Gasteiger charge is 2.23. The second-order valence-corrected chi connectivity index (χ2v) is 5.04. The standard InChI is InChI=1S/C11H13IN2O2/c12-10-7-13-4-1-9(10)11(16)14-5-2-8(15)3-6-14/h1,4,7-8,15H,2-3,5-6H2. The molecule has 0 atom stereocenters. The number of nitrogens with zero attached hydrogens (tertiary/aromatic N) is 2. The smallest absolute Gasteiger partial charge is 0.255 e. The third kappa shape index (κ3) is 2.52. The summed E-state index contributed by atoms with van der Waals surface area (Å²) in [5.41, 5.74) is 0.701. The Bertz CT molecular complexity index is 389. The van der Waals surface area contributed by atoms with Gasteiger partial charge < -0.3 is 10.0 Å². The number of hydrogen-bond donors (Lipinski definition) is 1. The fraction of sp³-hybridized carbons (Fsp3) is 0.455. The molecule has 0 unspecified atom stereocenters. The summed E-state index contributed by atoms with van der Waals surface area (Å²) in [6.07, 6.45) is 4.42. The van der Waals surface area contributed by atoms with Crippen LogP contribution in [0.25, 0.3) is 0 Å². The third-order valence-corrected chi connectivity index (χ3v) is 3.61. The Hall–Kier alpha value is -0.690. The number of aliphatic hydroxyl groups excluding tert-OH is 1. The van der Waals surface area contributed by atoms with Crippen molar-refractivity contribution in [3.05, 3.63) is 27.6 Å². The van der Waals surface area contributed by atoms with Crippen molar-refractivity contribution in [2.45, 2.75) is 18.9 Å². The number of piperidine rings is 1. The van der Waals surface area contributed by atoms with Crippen molar-refractivity contribution in [2.75, 3.05) is 13.1 Å². The summed E-state index contributed by atoms with van der Waals surface area (Å²) in [5.74, 6) is 0.0405. The molecular weight excluding hydrogens is 319 g/mol. The number of halogens is 1. The van der Waals surface area contributed by atoms with Crippen LogP contribution in [0.3, 0.4) is 0 Å². The van der Waals surface area contributed by atoms with E-state index in [1.807, 2.05) is 0 Å². The highest BCUT2D eigenvalue weighted by Crippen LogP contribution is 2.16. The van der Waals surface area contributed by atoms with Crippen LogP contribution in [0, 0.1) is 3.57 Å². The van der Waals surface area contributed by atoms with Gasteiger partial charge in [0.25, 0.3) is 5.91 Å². The molecule has 0 aliphatic carbocycles.